The molecule has 0 spiro atoms. The first-order valence-corrected chi connectivity index (χ1v) is 7.24. The molecule has 0 radical (unpaired) electrons. The third-order valence-electron chi connectivity index (χ3n) is 2.59. The van der Waals surface area contributed by atoms with Crippen LogP contribution in [0.4, 0.5) is 0 Å². The Hall–Kier alpha value is -1.07. The van der Waals surface area contributed by atoms with Crippen molar-refractivity contribution in [2.45, 2.75) is 13.0 Å². The Kier molecular flexibility index (Phi) is 4.82. The van der Waals surface area contributed by atoms with Crippen molar-refractivity contribution >= 4 is 40.0 Å². The molecule has 0 saturated heterocycles. The van der Waals surface area contributed by atoms with E-state index in [1.54, 1.807) is 31.2 Å². The highest BCUT2D eigenvalue weighted by Crippen LogP contribution is 2.18. The zero-order valence-corrected chi connectivity index (χ0v) is 13.2. The molecule has 0 bridgehead atoms. The molecule has 0 unspecified atom stereocenters. The summed E-state index contributed by atoms with van der Waals surface area (Å²) >= 11 is 8.08. The Morgan fingerprint density at radius 2 is 1.95 bits per heavy atom. The van der Waals surface area contributed by atoms with Gasteiger partial charge in [-0.05, 0) is 59.8 Å². The fourth-order valence-corrected chi connectivity index (χ4v) is 2.38. The van der Waals surface area contributed by atoms with E-state index in [1.165, 1.54) is 0 Å². The first-order valence-electron chi connectivity index (χ1n) is 5.78. The van der Waals surface area contributed by atoms with E-state index in [-0.39, 0.29) is 5.78 Å². The molecular weight excluding hydrogens is 375 g/mol. The number of hydrogen-bond acceptors (Lipinski definition) is 2. The van der Waals surface area contributed by atoms with E-state index in [0.717, 1.165) is 3.57 Å². The summed E-state index contributed by atoms with van der Waals surface area (Å²) in [5.74, 6) is 0.608. The number of Topliss-reactive ketones (excluding diaryl/α,β-unsaturated/α-hetero) is 1. The van der Waals surface area contributed by atoms with Crippen molar-refractivity contribution in [2.24, 2.45) is 0 Å². The van der Waals surface area contributed by atoms with E-state index in [0.29, 0.717) is 16.3 Å². The summed E-state index contributed by atoms with van der Waals surface area (Å²) in [4.78, 5) is 12.2. The van der Waals surface area contributed by atoms with Crippen LogP contribution in [-0.2, 0) is 0 Å². The quantitative estimate of drug-likeness (QED) is 0.567. The van der Waals surface area contributed by atoms with Crippen LogP contribution in [0.2, 0.25) is 5.02 Å². The highest BCUT2D eigenvalue weighted by Gasteiger charge is 2.17. The lowest BCUT2D eigenvalue weighted by atomic mass is 10.1. The predicted molar refractivity (Wildman–Crippen MR) is 85.0 cm³/mol. The van der Waals surface area contributed by atoms with E-state index in [9.17, 15) is 4.79 Å². The number of carbonyl (C=O) groups is 1. The molecule has 98 valence electrons. The second-order valence-electron chi connectivity index (χ2n) is 4.09. The number of halogens is 2. The topological polar surface area (TPSA) is 26.3 Å². The zero-order chi connectivity index (χ0) is 13.8. The van der Waals surface area contributed by atoms with Crippen molar-refractivity contribution in [1.29, 1.82) is 0 Å². The van der Waals surface area contributed by atoms with Crippen molar-refractivity contribution in [2.75, 3.05) is 0 Å². The highest BCUT2D eigenvalue weighted by molar-refractivity contribution is 14.1. The van der Waals surface area contributed by atoms with Crippen molar-refractivity contribution in [3.05, 3.63) is 62.7 Å². The average molecular weight is 387 g/mol. The summed E-state index contributed by atoms with van der Waals surface area (Å²) in [7, 11) is 0. The van der Waals surface area contributed by atoms with Gasteiger partial charge >= 0.3 is 0 Å². The van der Waals surface area contributed by atoms with E-state index < -0.39 is 6.10 Å². The average Bonchev–Trinajstić information content (AvgIpc) is 2.38. The third-order valence-corrected chi connectivity index (χ3v) is 3.49. The van der Waals surface area contributed by atoms with Crippen molar-refractivity contribution in [1.82, 2.24) is 0 Å². The molecular formula is C15H12ClIO2. The smallest absolute Gasteiger partial charge is 0.203 e. The number of carbonyl (C=O) groups excluding carboxylic acids is 1. The molecule has 0 amide bonds. The number of ketones is 1. The number of benzene rings is 2. The van der Waals surface area contributed by atoms with Crippen LogP contribution in [-0.4, -0.2) is 11.9 Å². The summed E-state index contributed by atoms with van der Waals surface area (Å²) in [5.41, 5.74) is 0.561. The molecule has 4 heteroatoms. The van der Waals surface area contributed by atoms with Gasteiger partial charge in [0.2, 0.25) is 5.78 Å². The standard InChI is InChI=1S/C15H12ClIO2/c1-10(19-14-7-3-6-13(17)9-14)15(18)11-4-2-5-12(16)8-11/h2-10H,1H3/t10-/m0/s1. The van der Waals surface area contributed by atoms with E-state index in [2.05, 4.69) is 22.6 Å². The Labute approximate surface area is 130 Å². The fraction of sp³-hybridized carbons (Fsp3) is 0.133. The number of ether oxygens (including phenoxy) is 1. The predicted octanol–water partition coefficient (Wildman–Crippen LogP) is 4.59. The van der Waals surface area contributed by atoms with Gasteiger partial charge in [0.25, 0.3) is 0 Å². The minimum absolute atomic E-state index is 0.0821. The van der Waals surface area contributed by atoms with Gasteiger partial charge in [-0.3, -0.25) is 4.79 Å². The fourth-order valence-electron chi connectivity index (χ4n) is 1.67. The molecule has 2 aromatic carbocycles. The molecule has 0 N–H and O–H groups in total. The van der Waals surface area contributed by atoms with Gasteiger partial charge in [0, 0.05) is 14.2 Å². The lowest BCUT2D eigenvalue weighted by molar-refractivity contribution is 0.0818. The maximum absolute atomic E-state index is 12.2. The zero-order valence-electron chi connectivity index (χ0n) is 10.3. The second-order valence-corrected chi connectivity index (χ2v) is 5.77. The summed E-state index contributed by atoms with van der Waals surface area (Å²) in [6.07, 6.45) is -0.545. The van der Waals surface area contributed by atoms with Crippen LogP contribution >= 0.6 is 34.2 Å². The summed E-state index contributed by atoms with van der Waals surface area (Å²) in [6.45, 7) is 1.74. The molecule has 0 aliphatic carbocycles. The largest absolute Gasteiger partial charge is 0.483 e. The van der Waals surface area contributed by atoms with Gasteiger partial charge in [-0.25, -0.2) is 0 Å². The van der Waals surface area contributed by atoms with E-state index >= 15 is 0 Å². The molecule has 1 atom stereocenters. The van der Waals surface area contributed by atoms with Gasteiger partial charge in [-0.15, -0.1) is 0 Å². The molecule has 2 nitrogen and oxygen atoms in total. The van der Waals surface area contributed by atoms with Gasteiger partial charge < -0.3 is 4.74 Å². The molecule has 0 heterocycles. The highest BCUT2D eigenvalue weighted by atomic mass is 127. The molecule has 0 fully saturated rings. The molecule has 0 saturated carbocycles. The molecule has 0 aliphatic heterocycles. The van der Waals surface area contributed by atoms with Crippen LogP contribution in [0.15, 0.2) is 48.5 Å². The third kappa shape index (κ3) is 3.94. The summed E-state index contributed by atoms with van der Waals surface area (Å²) in [6, 6.07) is 14.5. The van der Waals surface area contributed by atoms with Gasteiger partial charge in [-0.1, -0.05) is 29.8 Å². The van der Waals surface area contributed by atoms with Gasteiger partial charge in [0.15, 0.2) is 6.10 Å². The Morgan fingerprint density at radius 1 is 1.21 bits per heavy atom. The molecule has 2 aromatic rings. The van der Waals surface area contributed by atoms with Crippen molar-refractivity contribution < 1.29 is 9.53 Å². The molecule has 0 aromatic heterocycles. The summed E-state index contributed by atoms with van der Waals surface area (Å²) < 4.78 is 6.72. The van der Waals surface area contributed by atoms with Crippen molar-refractivity contribution in [3.8, 4) is 5.75 Å². The lowest BCUT2D eigenvalue weighted by Crippen LogP contribution is -2.23. The Balaban J connectivity index is 2.12. The minimum atomic E-state index is -0.545. The second kappa shape index (κ2) is 6.39. The monoisotopic (exact) mass is 386 g/mol. The first-order chi connectivity index (χ1) is 9.06. The maximum Gasteiger partial charge on any atom is 0.203 e. The SMILES string of the molecule is C[C@H](Oc1cccc(I)c1)C(=O)c1cccc(Cl)c1. The summed E-state index contributed by atoms with van der Waals surface area (Å²) in [5, 5.41) is 0.548. The lowest BCUT2D eigenvalue weighted by Gasteiger charge is -2.14. The number of rotatable bonds is 4. The van der Waals surface area contributed by atoms with E-state index in [4.69, 9.17) is 16.3 Å². The van der Waals surface area contributed by atoms with Crippen LogP contribution in [0.1, 0.15) is 17.3 Å². The normalized spacial score (nSPS) is 11.9. The van der Waals surface area contributed by atoms with Gasteiger partial charge in [0.05, 0.1) is 0 Å². The minimum Gasteiger partial charge on any atom is -0.483 e. The number of hydrogen-bond donors (Lipinski definition) is 0. The molecule has 2 rings (SSSR count). The van der Waals surface area contributed by atoms with Gasteiger partial charge in [-0.2, -0.15) is 0 Å². The van der Waals surface area contributed by atoms with Crippen LogP contribution < -0.4 is 4.74 Å². The van der Waals surface area contributed by atoms with Crippen LogP contribution in [0.5, 0.6) is 5.75 Å². The van der Waals surface area contributed by atoms with Crippen LogP contribution in [0.3, 0.4) is 0 Å². The Bertz CT molecular complexity index is 598. The Morgan fingerprint density at radius 3 is 2.63 bits per heavy atom. The van der Waals surface area contributed by atoms with Crippen LogP contribution in [0.25, 0.3) is 0 Å². The van der Waals surface area contributed by atoms with Gasteiger partial charge in [0.1, 0.15) is 5.75 Å². The van der Waals surface area contributed by atoms with E-state index in [1.807, 2.05) is 24.3 Å². The first kappa shape index (κ1) is 14.3. The molecule has 19 heavy (non-hydrogen) atoms. The van der Waals surface area contributed by atoms with Crippen molar-refractivity contribution in [3.63, 3.8) is 0 Å². The maximum atomic E-state index is 12.2. The van der Waals surface area contributed by atoms with Crippen LogP contribution in [0, 0.1) is 3.57 Å². The molecule has 0 aliphatic rings.